The number of carbonyl (C=O) groups is 3. The third-order valence-corrected chi connectivity index (χ3v) is 5.49. The lowest BCUT2D eigenvalue weighted by atomic mass is 9.98. The largest absolute Gasteiger partial charge is 0.481 e. The number of fused-ring (bicyclic) bond motifs is 3. The Morgan fingerprint density at radius 2 is 1.73 bits per heavy atom. The SMILES string of the molecule is C[C@H](CC(=O)O)NC(=O)c1conc1CNC(=O)OCC1c2ccccc2-c2ccccc21. The number of hydrogen-bond acceptors (Lipinski definition) is 6. The van der Waals surface area contributed by atoms with Crippen LogP contribution in [0.25, 0.3) is 11.1 Å². The quantitative estimate of drug-likeness (QED) is 0.481. The van der Waals surface area contributed by atoms with Crippen LogP contribution >= 0.6 is 0 Å². The molecule has 0 bridgehead atoms. The summed E-state index contributed by atoms with van der Waals surface area (Å²) < 4.78 is 10.3. The van der Waals surface area contributed by atoms with Crippen LogP contribution in [0.4, 0.5) is 4.79 Å². The zero-order valence-corrected chi connectivity index (χ0v) is 17.9. The Morgan fingerprint density at radius 1 is 1.09 bits per heavy atom. The zero-order chi connectivity index (χ0) is 23.4. The van der Waals surface area contributed by atoms with Gasteiger partial charge >= 0.3 is 12.1 Å². The average molecular weight is 449 g/mol. The number of benzene rings is 2. The predicted molar refractivity (Wildman–Crippen MR) is 118 cm³/mol. The van der Waals surface area contributed by atoms with Crippen LogP contribution in [-0.2, 0) is 16.1 Å². The minimum absolute atomic E-state index is 0.0627. The van der Waals surface area contributed by atoms with Crippen LogP contribution < -0.4 is 10.6 Å². The number of carboxylic acids is 1. The summed E-state index contributed by atoms with van der Waals surface area (Å²) in [5, 5.41) is 17.7. The fourth-order valence-electron chi connectivity index (χ4n) is 3.99. The Labute approximate surface area is 189 Å². The first-order valence-electron chi connectivity index (χ1n) is 10.5. The highest BCUT2D eigenvalue weighted by molar-refractivity contribution is 5.95. The van der Waals surface area contributed by atoms with Crippen molar-refractivity contribution in [1.29, 1.82) is 0 Å². The number of alkyl carbamates (subject to hydrolysis) is 1. The highest BCUT2D eigenvalue weighted by Gasteiger charge is 2.29. The average Bonchev–Trinajstić information content (AvgIpc) is 3.38. The molecule has 0 fully saturated rings. The summed E-state index contributed by atoms with van der Waals surface area (Å²) in [6.07, 6.45) is 0.285. The van der Waals surface area contributed by atoms with E-state index in [-0.39, 0.29) is 36.7 Å². The van der Waals surface area contributed by atoms with E-state index in [0.29, 0.717) is 0 Å². The maximum absolute atomic E-state index is 12.3. The Bertz CT molecular complexity index is 1140. The lowest BCUT2D eigenvalue weighted by molar-refractivity contribution is -0.137. The Kier molecular flexibility index (Phi) is 6.39. The molecule has 4 rings (SSSR count). The van der Waals surface area contributed by atoms with Gasteiger partial charge in [-0.05, 0) is 29.2 Å². The number of nitrogens with one attached hydrogen (secondary N) is 2. The van der Waals surface area contributed by atoms with E-state index in [1.54, 1.807) is 6.92 Å². The smallest absolute Gasteiger partial charge is 0.407 e. The van der Waals surface area contributed by atoms with E-state index in [2.05, 4.69) is 27.9 Å². The number of hydrogen-bond donors (Lipinski definition) is 3. The molecule has 9 nitrogen and oxygen atoms in total. The standard InChI is InChI=1S/C24H23N3O6/c1-14(10-22(28)29)26-23(30)20-13-33-27-21(20)11-25-24(31)32-12-19-17-8-4-2-6-15(17)16-7-3-5-9-18(16)19/h2-9,13-14,19H,10-12H2,1H3,(H,25,31)(H,26,30)(H,28,29)/t14-/m1/s1. The van der Waals surface area contributed by atoms with E-state index in [1.807, 2.05) is 36.4 Å². The molecule has 0 saturated carbocycles. The Morgan fingerprint density at radius 3 is 2.36 bits per heavy atom. The first-order chi connectivity index (χ1) is 15.9. The van der Waals surface area contributed by atoms with Gasteiger partial charge in [0.1, 0.15) is 24.1 Å². The summed E-state index contributed by atoms with van der Waals surface area (Å²) in [7, 11) is 0. The first kappa shape index (κ1) is 22.1. The number of nitrogens with zero attached hydrogens (tertiary/aromatic N) is 1. The van der Waals surface area contributed by atoms with E-state index in [4.69, 9.17) is 14.4 Å². The van der Waals surface area contributed by atoms with Crippen molar-refractivity contribution in [3.8, 4) is 11.1 Å². The van der Waals surface area contributed by atoms with Crippen LogP contribution in [0.15, 0.2) is 59.3 Å². The van der Waals surface area contributed by atoms with Gasteiger partial charge in [-0.1, -0.05) is 53.7 Å². The highest BCUT2D eigenvalue weighted by atomic mass is 16.5. The fraction of sp³-hybridized carbons (Fsp3) is 0.250. The molecule has 1 atom stereocenters. The molecule has 0 radical (unpaired) electrons. The van der Waals surface area contributed by atoms with Gasteiger partial charge in [0.05, 0.1) is 13.0 Å². The molecule has 0 spiro atoms. The summed E-state index contributed by atoms with van der Waals surface area (Å²) in [6, 6.07) is 15.5. The predicted octanol–water partition coefficient (Wildman–Crippen LogP) is 3.31. The number of carboxylic acid groups (broad SMARTS) is 1. The number of aliphatic carboxylic acids is 1. The van der Waals surface area contributed by atoms with Crippen molar-refractivity contribution in [3.63, 3.8) is 0 Å². The van der Waals surface area contributed by atoms with Crippen LogP contribution in [0.5, 0.6) is 0 Å². The first-order valence-corrected chi connectivity index (χ1v) is 10.5. The second-order valence-electron chi connectivity index (χ2n) is 7.83. The molecule has 0 aliphatic heterocycles. The van der Waals surface area contributed by atoms with Crippen LogP contribution in [-0.4, -0.2) is 40.9 Å². The maximum Gasteiger partial charge on any atom is 0.407 e. The molecule has 1 heterocycles. The molecular formula is C24H23N3O6. The highest BCUT2D eigenvalue weighted by Crippen LogP contribution is 2.44. The lowest BCUT2D eigenvalue weighted by Gasteiger charge is -2.14. The Balaban J connectivity index is 1.34. The second-order valence-corrected chi connectivity index (χ2v) is 7.83. The van der Waals surface area contributed by atoms with Gasteiger partial charge in [-0.15, -0.1) is 0 Å². The number of ether oxygens (including phenoxy) is 1. The zero-order valence-electron chi connectivity index (χ0n) is 17.9. The third kappa shape index (κ3) is 4.87. The van der Waals surface area contributed by atoms with Crippen molar-refractivity contribution in [2.24, 2.45) is 0 Å². The summed E-state index contributed by atoms with van der Waals surface area (Å²) in [5.41, 5.74) is 4.82. The van der Waals surface area contributed by atoms with Gasteiger partial charge in [0.15, 0.2) is 0 Å². The van der Waals surface area contributed by atoms with Crippen molar-refractivity contribution in [2.45, 2.75) is 31.8 Å². The van der Waals surface area contributed by atoms with Gasteiger partial charge in [-0.3, -0.25) is 9.59 Å². The van der Waals surface area contributed by atoms with Gasteiger partial charge in [-0.2, -0.15) is 0 Å². The van der Waals surface area contributed by atoms with Gasteiger partial charge in [0.2, 0.25) is 0 Å². The van der Waals surface area contributed by atoms with Crippen molar-refractivity contribution in [3.05, 3.63) is 77.2 Å². The number of rotatable bonds is 8. The molecule has 9 heteroatoms. The topological polar surface area (TPSA) is 131 Å². The molecule has 170 valence electrons. The van der Waals surface area contributed by atoms with E-state index < -0.39 is 24.0 Å². The van der Waals surface area contributed by atoms with E-state index in [9.17, 15) is 14.4 Å². The molecule has 3 N–H and O–H groups in total. The van der Waals surface area contributed by atoms with Gasteiger partial charge < -0.3 is 25.0 Å². The fourth-order valence-corrected chi connectivity index (χ4v) is 3.99. The molecule has 0 saturated heterocycles. The normalized spacial score (nSPS) is 13.0. The van der Waals surface area contributed by atoms with E-state index in [0.717, 1.165) is 28.5 Å². The van der Waals surface area contributed by atoms with Gasteiger partial charge in [-0.25, -0.2) is 4.79 Å². The molecular weight excluding hydrogens is 426 g/mol. The molecule has 2 amide bonds. The lowest BCUT2D eigenvalue weighted by Crippen LogP contribution is -2.35. The molecule has 1 aliphatic carbocycles. The molecule has 2 aromatic carbocycles. The summed E-state index contributed by atoms with van der Waals surface area (Å²) in [5.74, 6) is -1.62. The molecule has 1 aliphatic rings. The number of amides is 2. The number of aromatic nitrogens is 1. The van der Waals surface area contributed by atoms with Crippen LogP contribution in [0.2, 0.25) is 0 Å². The summed E-state index contributed by atoms with van der Waals surface area (Å²) >= 11 is 0. The minimum atomic E-state index is -1.02. The third-order valence-electron chi connectivity index (χ3n) is 5.49. The van der Waals surface area contributed by atoms with Crippen LogP contribution in [0.3, 0.4) is 0 Å². The van der Waals surface area contributed by atoms with Crippen molar-refractivity contribution >= 4 is 18.0 Å². The van der Waals surface area contributed by atoms with Crippen molar-refractivity contribution < 1.29 is 28.8 Å². The van der Waals surface area contributed by atoms with E-state index >= 15 is 0 Å². The Hall–Kier alpha value is -4.14. The molecule has 1 aromatic heterocycles. The van der Waals surface area contributed by atoms with Gasteiger partial charge in [0, 0.05) is 12.0 Å². The molecule has 33 heavy (non-hydrogen) atoms. The molecule has 3 aromatic rings. The van der Waals surface area contributed by atoms with Crippen molar-refractivity contribution in [2.75, 3.05) is 6.61 Å². The molecule has 0 unspecified atom stereocenters. The van der Waals surface area contributed by atoms with Crippen LogP contribution in [0, 0.1) is 0 Å². The second kappa shape index (κ2) is 9.56. The van der Waals surface area contributed by atoms with E-state index in [1.165, 1.54) is 0 Å². The number of carbonyl (C=O) groups excluding carboxylic acids is 2. The monoisotopic (exact) mass is 449 g/mol. The van der Waals surface area contributed by atoms with Crippen LogP contribution in [0.1, 0.15) is 46.4 Å². The van der Waals surface area contributed by atoms with Gasteiger partial charge in [0.25, 0.3) is 5.91 Å². The summed E-state index contributed by atoms with van der Waals surface area (Å²) in [6.45, 7) is 1.66. The summed E-state index contributed by atoms with van der Waals surface area (Å²) in [4.78, 5) is 35.5. The van der Waals surface area contributed by atoms with Crippen molar-refractivity contribution in [1.82, 2.24) is 15.8 Å². The minimum Gasteiger partial charge on any atom is -0.481 e. The maximum atomic E-state index is 12.3.